The number of rotatable bonds is 10. The van der Waals surface area contributed by atoms with E-state index in [0.717, 1.165) is 12.8 Å². The quantitative estimate of drug-likeness (QED) is 0.353. The summed E-state index contributed by atoms with van der Waals surface area (Å²) in [6.45, 7) is 6.60. The first-order valence-electron chi connectivity index (χ1n) is 8.23. The van der Waals surface area contributed by atoms with Crippen molar-refractivity contribution in [1.82, 2.24) is 0 Å². The third-order valence-corrected chi connectivity index (χ3v) is 3.47. The molecule has 25 heavy (non-hydrogen) atoms. The van der Waals surface area contributed by atoms with Crippen LogP contribution in [0.3, 0.4) is 0 Å². The van der Waals surface area contributed by atoms with Gasteiger partial charge in [-0.05, 0) is 57.9 Å². The van der Waals surface area contributed by atoms with E-state index in [9.17, 15) is 4.79 Å². The zero-order chi connectivity index (χ0) is 18.7. The number of allylic oxidation sites excluding steroid dienone is 3. The lowest BCUT2D eigenvalue weighted by molar-refractivity contribution is -0.0125. The zero-order valence-electron chi connectivity index (χ0n) is 15.8. The number of hydrogen-bond acceptors (Lipinski definition) is 5. The predicted octanol–water partition coefficient (Wildman–Crippen LogP) is 4.53. The Balaban J connectivity index is 2.69. The lowest BCUT2D eigenvalue weighted by Crippen LogP contribution is -2.08. The molecule has 0 bridgehead atoms. The smallest absolute Gasteiger partial charge is 0.340 e. The van der Waals surface area contributed by atoms with Gasteiger partial charge in [0.25, 0.3) is 0 Å². The van der Waals surface area contributed by atoms with Gasteiger partial charge in [-0.3, -0.25) is 0 Å². The van der Waals surface area contributed by atoms with Crippen molar-refractivity contribution < 1.29 is 23.7 Å². The minimum Gasteiger partial charge on any atom is -0.493 e. The Morgan fingerprint density at radius 2 is 1.84 bits per heavy atom. The predicted molar refractivity (Wildman–Crippen MR) is 98.2 cm³/mol. The molecular formula is C20H28O5. The molecule has 1 rings (SSSR count). The summed E-state index contributed by atoms with van der Waals surface area (Å²) in [6.07, 6.45) is 6.27. The van der Waals surface area contributed by atoms with Crippen LogP contribution < -0.4 is 9.47 Å². The van der Waals surface area contributed by atoms with Crippen molar-refractivity contribution in [1.29, 1.82) is 0 Å². The van der Waals surface area contributed by atoms with Gasteiger partial charge < -0.3 is 18.9 Å². The van der Waals surface area contributed by atoms with E-state index in [1.165, 1.54) is 18.3 Å². The van der Waals surface area contributed by atoms with Crippen LogP contribution in [-0.4, -0.2) is 33.6 Å². The summed E-state index contributed by atoms with van der Waals surface area (Å²) in [4.78, 5) is 11.9. The van der Waals surface area contributed by atoms with Gasteiger partial charge in [-0.25, -0.2) is 4.79 Å². The van der Waals surface area contributed by atoms with Gasteiger partial charge in [0.2, 0.25) is 0 Å². The molecule has 0 aromatic heterocycles. The van der Waals surface area contributed by atoms with Crippen molar-refractivity contribution in [2.45, 2.75) is 33.6 Å². The first-order chi connectivity index (χ1) is 12.0. The molecule has 1 aromatic carbocycles. The number of esters is 1. The Hall–Kier alpha value is -2.27. The van der Waals surface area contributed by atoms with Gasteiger partial charge in [0.05, 0.1) is 12.7 Å². The van der Waals surface area contributed by atoms with Crippen molar-refractivity contribution in [3.8, 4) is 11.5 Å². The fourth-order valence-electron chi connectivity index (χ4n) is 2.08. The van der Waals surface area contributed by atoms with E-state index in [1.807, 2.05) is 6.08 Å². The van der Waals surface area contributed by atoms with Crippen LogP contribution in [0.5, 0.6) is 11.5 Å². The maximum atomic E-state index is 11.9. The van der Waals surface area contributed by atoms with Crippen LogP contribution in [0.15, 0.2) is 41.5 Å². The number of ether oxygens (including phenoxy) is 4. The summed E-state index contributed by atoms with van der Waals surface area (Å²) in [6, 6.07) is 4.93. The van der Waals surface area contributed by atoms with Crippen molar-refractivity contribution in [3.63, 3.8) is 0 Å². The van der Waals surface area contributed by atoms with E-state index >= 15 is 0 Å². The number of benzene rings is 1. The Bertz CT molecular complexity index is 613. The lowest BCUT2D eigenvalue weighted by Gasteiger charge is -2.11. The second kappa shape index (κ2) is 11.3. The highest BCUT2D eigenvalue weighted by atomic mass is 16.7. The summed E-state index contributed by atoms with van der Waals surface area (Å²) >= 11 is 0. The molecule has 0 atom stereocenters. The highest BCUT2D eigenvalue weighted by Crippen LogP contribution is 2.28. The van der Waals surface area contributed by atoms with E-state index < -0.39 is 5.97 Å². The largest absolute Gasteiger partial charge is 0.493 e. The average Bonchev–Trinajstić information content (AvgIpc) is 2.59. The molecule has 0 radical (unpaired) electrons. The molecule has 0 N–H and O–H groups in total. The molecule has 138 valence electrons. The molecule has 0 aliphatic rings. The van der Waals surface area contributed by atoms with Crippen molar-refractivity contribution in [2.24, 2.45) is 0 Å². The lowest BCUT2D eigenvalue weighted by atomic mass is 10.1. The molecule has 0 unspecified atom stereocenters. The molecule has 5 heteroatoms. The van der Waals surface area contributed by atoms with Crippen LogP contribution in [0.2, 0.25) is 0 Å². The molecule has 0 amide bonds. The van der Waals surface area contributed by atoms with Crippen LogP contribution >= 0.6 is 0 Å². The number of methoxy groups -OCH3 is 2. The topological polar surface area (TPSA) is 54.0 Å². The fourth-order valence-corrected chi connectivity index (χ4v) is 2.08. The van der Waals surface area contributed by atoms with Gasteiger partial charge in [-0.2, -0.15) is 0 Å². The van der Waals surface area contributed by atoms with Crippen LogP contribution in [0.4, 0.5) is 0 Å². The molecule has 0 saturated carbocycles. The summed E-state index contributed by atoms with van der Waals surface area (Å²) in [5, 5.41) is 0. The van der Waals surface area contributed by atoms with E-state index in [-0.39, 0.29) is 6.79 Å². The van der Waals surface area contributed by atoms with Gasteiger partial charge in [0, 0.05) is 7.11 Å². The maximum absolute atomic E-state index is 11.9. The Morgan fingerprint density at radius 3 is 2.48 bits per heavy atom. The Morgan fingerprint density at radius 1 is 1.08 bits per heavy atom. The van der Waals surface area contributed by atoms with Crippen LogP contribution in [0.1, 0.15) is 44.0 Å². The molecule has 1 aromatic rings. The standard InChI is InChI=1S/C20H28O5/c1-15(2)7-6-8-16(3)11-12-24-19-13-17(9-10-18(19)23-5)20(21)25-14-22-4/h7,9-11,13H,6,8,12,14H2,1-5H3/b16-11+. The zero-order valence-corrected chi connectivity index (χ0v) is 15.8. The molecule has 0 aliphatic carbocycles. The highest BCUT2D eigenvalue weighted by molar-refractivity contribution is 5.90. The van der Waals surface area contributed by atoms with Gasteiger partial charge >= 0.3 is 5.97 Å². The molecule has 0 spiro atoms. The molecule has 0 fully saturated rings. The second-order valence-corrected chi connectivity index (χ2v) is 5.89. The third kappa shape index (κ3) is 7.90. The average molecular weight is 348 g/mol. The van der Waals surface area contributed by atoms with Gasteiger partial charge in [-0.15, -0.1) is 0 Å². The Labute approximate surface area is 150 Å². The van der Waals surface area contributed by atoms with Crippen LogP contribution in [0, 0.1) is 0 Å². The number of hydrogen-bond donors (Lipinski definition) is 0. The van der Waals surface area contributed by atoms with Crippen LogP contribution in [-0.2, 0) is 9.47 Å². The van der Waals surface area contributed by atoms with E-state index in [2.05, 4.69) is 26.8 Å². The molecular weight excluding hydrogens is 320 g/mol. The number of carbonyl (C=O) groups is 1. The first kappa shape index (κ1) is 20.8. The third-order valence-electron chi connectivity index (χ3n) is 3.47. The molecule has 0 saturated heterocycles. The summed E-state index contributed by atoms with van der Waals surface area (Å²) in [5.41, 5.74) is 2.97. The van der Waals surface area contributed by atoms with Gasteiger partial charge in [0.15, 0.2) is 18.3 Å². The number of carbonyl (C=O) groups excluding carboxylic acids is 1. The molecule has 0 aliphatic heterocycles. The minimum absolute atomic E-state index is 0.0886. The maximum Gasteiger partial charge on any atom is 0.340 e. The van der Waals surface area contributed by atoms with E-state index in [1.54, 1.807) is 25.3 Å². The first-order valence-corrected chi connectivity index (χ1v) is 8.23. The molecule has 5 nitrogen and oxygen atoms in total. The highest BCUT2D eigenvalue weighted by Gasteiger charge is 2.12. The van der Waals surface area contributed by atoms with E-state index in [0.29, 0.717) is 23.7 Å². The normalized spacial score (nSPS) is 11.0. The summed E-state index contributed by atoms with van der Waals surface area (Å²) in [7, 11) is 3.02. The summed E-state index contributed by atoms with van der Waals surface area (Å²) < 4.78 is 20.7. The van der Waals surface area contributed by atoms with Crippen molar-refractivity contribution in [3.05, 3.63) is 47.1 Å². The SMILES string of the molecule is COCOC(=O)c1ccc(OC)c(OC/C=C(\C)CCC=C(C)C)c1. The fraction of sp³-hybridized carbons (Fsp3) is 0.450. The van der Waals surface area contributed by atoms with Crippen molar-refractivity contribution in [2.75, 3.05) is 27.6 Å². The Kier molecular flexibility index (Phi) is 9.40. The van der Waals surface area contributed by atoms with Gasteiger partial charge in [0.1, 0.15) is 6.61 Å². The van der Waals surface area contributed by atoms with Gasteiger partial charge in [-0.1, -0.05) is 17.2 Å². The molecule has 0 heterocycles. The van der Waals surface area contributed by atoms with Crippen LogP contribution in [0.25, 0.3) is 0 Å². The second-order valence-electron chi connectivity index (χ2n) is 5.89. The monoisotopic (exact) mass is 348 g/mol. The van der Waals surface area contributed by atoms with Crippen molar-refractivity contribution >= 4 is 5.97 Å². The van der Waals surface area contributed by atoms with E-state index in [4.69, 9.17) is 18.9 Å². The minimum atomic E-state index is -0.470. The summed E-state index contributed by atoms with van der Waals surface area (Å²) in [5.74, 6) is 0.601.